The highest BCUT2D eigenvalue weighted by Gasteiger charge is 2.28. The maximum atomic E-state index is 11.7. The summed E-state index contributed by atoms with van der Waals surface area (Å²) in [4.78, 5) is 13.8. The van der Waals surface area contributed by atoms with Gasteiger partial charge in [0.1, 0.15) is 11.9 Å². The lowest BCUT2D eigenvalue weighted by atomic mass is 9.98. The normalized spacial score (nSPS) is 22.1. The highest BCUT2D eigenvalue weighted by Crippen LogP contribution is 2.21. The maximum Gasteiger partial charge on any atom is 0.310 e. The van der Waals surface area contributed by atoms with Crippen LogP contribution in [0.1, 0.15) is 31.6 Å². The molecule has 1 aromatic rings. The van der Waals surface area contributed by atoms with Crippen molar-refractivity contribution in [3.8, 4) is 0 Å². The van der Waals surface area contributed by atoms with Gasteiger partial charge in [-0.2, -0.15) is 0 Å². The predicted molar refractivity (Wildman–Crippen MR) is 69.5 cm³/mol. The van der Waals surface area contributed by atoms with E-state index in [1.165, 1.54) is 0 Å². The number of aliphatic hydroxyl groups is 1. The van der Waals surface area contributed by atoms with E-state index in [9.17, 15) is 9.90 Å². The summed E-state index contributed by atoms with van der Waals surface area (Å²) < 4.78 is 10.2. The number of piperidine rings is 1. The van der Waals surface area contributed by atoms with Crippen LogP contribution >= 0.6 is 0 Å². The highest BCUT2D eigenvalue weighted by atomic mass is 16.5. The van der Waals surface area contributed by atoms with Gasteiger partial charge in [-0.1, -0.05) is 0 Å². The number of carbonyl (C=O) groups excluding carboxylic acids is 1. The average molecular weight is 267 g/mol. The van der Waals surface area contributed by atoms with Crippen molar-refractivity contribution in [1.82, 2.24) is 4.90 Å². The van der Waals surface area contributed by atoms with E-state index in [1.54, 1.807) is 18.4 Å². The molecule has 0 radical (unpaired) electrons. The fourth-order valence-electron chi connectivity index (χ4n) is 2.49. The molecule has 1 aromatic heterocycles. The number of nitrogens with zero attached hydrogens (tertiary/aromatic N) is 1. The fourth-order valence-corrected chi connectivity index (χ4v) is 2.49. The first-order valence-electron chi connectivity index (χ1n) is 6.81. The van der Waals surface area contributed by atoms with E-state index in [1.807, 2.05) is 6.92 Å². The van der Waals surface area contributed by atoms with E-state index >= 15 is 0 Å². The maximum absolute atomic E-state index is 11.7. The van der Waals surface area contributed by atoms with Crippen molar-refractivity contribution in [3.05, 3.63) is 24.2 Å². The summed E-state index contributed by atoms with van der Waals surface area (Å²) >= 11 is 0. The van der Waals surface area contributed by atoms with Crippen LogP contribution in [-0.4, -0.2) is 42.2 Å². The first-order chi connectivity index (χ1) is 9.20. The third-order valence-electron chi connectivity index (χ3n) is 3.43. The summed E-state index contributed by atoms with van der Waals surface area (Å²) in [6.07, 6.45) is 2.73. The molecule has 0 amide bonds. The van der Waals surface area contributed by atoms with E-state index in [4.69, 9.17) is 9.15 Å². The van der Waals surface area contributed by atoms with Crippen LogP contribution in [0.2, 0.25) is 0 Å². The number of furan rings is 1. The van der Waals surface area contributed by atoms with Crippen LogP contribution in [0, 0.1) is 5.92 Å². The SMILES string of the molecule is CCOC(=O)C1CCCN(CC(O)c2ccco2)C1. The molecule has 0 spiro atoms. The number of hydrogen-bond acceptors (Lipinski definition) is 5. The Morgan fingerprint density at radius 1 is 1.68 bits per heavy atom. The number of hydrogen-bond donors (Lipinski definition) is 1. The second-order valence-corrected chi connectivity index (χ2v) is 4.88. The van der Waals surface area contributed by atoms with E-state index in [0.29, 0.717) is 25.5 Å². The van der Waals surface area contributed by atoms with Gasteiger partial charge in [-0.25, -0.2) is 0 Å². The Morgan fingerprint density at radius 3 is 3.21 bits per heavy atom. The molecule has 1 aliphatic rings. The van der Waals surface area contributed by atoms with E-state index < -0.39 is 6.10 Å². The number of ether oxygens (including phenoxy) is 1. The third kappa shape index (κ3) is 3.81. The molecule has 1 fully saturated rings. The number of carbonyl (C=O) groups is 1. The van der Waals surface area contributed by atoms with Crippen LogP contribution in [-0.2, 0) is 9.53 Å². The smallest absolute Gasteiger partial charge is 0.310 e. The van der Waals surface area contributed by atoms with Gasteiger partial charge in [-0.3, -0.25) is 9.69 Å². The summed E-state index contributed by atoms with van der Waals surface area (Å²) in [5.41, 5.74) is 0. The molecule has 1 N–H and O–H groups in total. The van der Waals surface area contributed by atoms with Gasteiger partial charge in [0.05, 0.1) is 18.8 Å². The molecule has 5 heteroatoms. The zero-order chi connectivity index (χ0) is 13.7. The Kier molecular flexibility index (Phi) is 4.99. The van der Waals surface area contributed by atoms with Crippen LogP contribution in [0.5, 0.6) is 0 Å². The molecule has 0 aromatic carbocycles. The van der Waals surface area contributed by atoms with Gasteiger partial charge in [-0.15, -0.1) is 0 Å². The molecule has 0 aliphatic carbocycles. The van der Waals surface area contributed by atoms with Crippen molar-refractivity contribution in [2.45, 2.75) is 25.9 Å². The molecule has 0 saturated carbocycles. The summed E-state index contributed by atoms with van der Waals surface area (Å²) in [5.74, 6) is 0.371. The Balaban J connectivity index is 1.85. The predicted octanol–water partition coefficient (Wildman–Crippen LogP) is 1.59. The molecule has 1 aliphatic heterocycles. The van der Waals surface area contributed by atoms with E-state index in [0.717, 1.165) is 19.4 Å². The topological polar surface area (TPSA) is 62.9 Å². The Morgan fingerprint density at radius 2 is 2.53 bits per heavy atom. The van der Waals surface area contributed by atoms with Crippen LogP contribution in [0.25, 0.3) is 0 Å². The fraction of sp³-hybridized carbons (Fsp3) is 0.643. The van der Waals surface area contributed by atoms with E-state index in [2.05, 4.69) is 4.90 Å². The summed E-state index contributed by atoms with van der Waals surface area (Å²) in [5, 5.41) is 10.0. The number of β-amino-alcohol motifs (C(OH)–C–C–N with tert-alkyl or cyclic N) is 1. The molecule has 1 saturated heterocycles. The summed E-state index contributed by atoms with van der Waals surface area (Å²) in [6.45, 7) is 4.28. The minimum absolute atomic E-state index is 0.0718. The first-order valence-corrected chi connectivity index (χ1v) is 6.81. The quantitative estimate of drug-likeness (QED) is 0.821. The van der Waals surface area contributed by atoms with Crippen LogP contribution in [0.3, 0.4) is 0 Å². The lowest BCUT2D eigenvalue weighted by Crippen LogP contribution is -2.41. The van der Waals surface area contributed by atoms with Crippen LogP contribution in [0.4, 0.5) is 0 Å². The second-order valence-electron chi connectivity index (χ2n) is 4.88. The second kappa shape index (κ2) is 6.73. The van der Waals surface area contributed by atoms with Crippen molar-refractivity contribution < 1.29 is 19.1 Å². The Labute approximate surface area is 113 Å². The molecule has 106 valence electrons. The number of likely N-dealkylation sites (tertiary alicyclic amines) is 1. The molecule has 5 nitrogen and oxygen atoms in total. The number of rotatable bonds is 5. The summed E-state index contributed by atoms with van der Waals surface area (Å²) in [6, 6.07) is 3.52. The zero-order valence-corrected chi connectivity index (χ0v) is 11.2. The molecular weight excluding hydrogens is 246 g/mol. The van der Waals surface area contributed by atoms with Gasteiger partial charge < -0.3 is 14.3 Å². The minimum atomic E-state index is -0.643. The Bertz CT molecular complexity index is 390. The van der Waals surface area contributed by atoms with Crippen molar-refractivity contribution in [2.75, 3.05) is 26.2 Å². The zero-order valence-electron chi connectivity index (χ0n) is 11.2. The summed E-state index contributed by atoms with van der Waals surface area (Å²) in [7, 11) is 0. The number of aliphatic hydroxyl groups excluding tert-OH is 1. The molecule has 2 heterocycles. The van der Waals surface area contributed by atoms with Crippen molar-refractivity contribution in [3.63, 3.8) is 0 Å². The van der Waals surface area contributed by atoms with Gasteiger partial charge in [0.2, 0.25) is 0 Å². The number of esters is 1. The van der Waals surface area contributed by atoms with Gasteiger partial charge in [-0.05, 0) is 38.4 Å². The van der Waals surface area contributed by atoms with Gasteiger partial charge in [0.25, 0.3) is 0 Å². The van der Waals surface area contributed by atoms with Gasteiger partial charge in [0, 0.05) is 13.1 Å². The molecular formula is C14H21NO4. The lowest BCUT2D eigenvalue weighted by Gasteiger charge is -2.32. The molecule has 2 rings (SSSR count). The van der Waals surface area contributed by atoms with Crippen molar-refractivity contribution >= 4 is 5.97 Å². The van der Waals surface area contributed by atoms with Gasteiger partial charge in [0.15, 0.2) is 0 Å². The molecule has 2 atom stereocenters. The third-order valence-corrected chi connectivity index (χ3v) is 3.43. The monoisotopic (exact) mass is 267 g/mol. The highest BCUT2D eigenvalue weighted by molar-refractivity contribution is 5.72. The molecule has 2 unspecified atom stereocenters. The van der Waals surface area contributed by atoms with Crippen molar-refractivity contribution in [1.29, 1.82) is 0 Å². The standard InChI is InChI=1S/C14H21NO4/c1-2-18-14(17)11-5-3-7-15(9-11)10-12(16)13-6-4-8-19-13/h4,6,8,11-12,16H,2-3,5,7,9-10H2,1H3. The minimum Gasteiger partial charge on any atom is -0.467 e. The average Bonchev–Trinajstić information content (AvgIpc) is 2.93. The molecule has 0 bridgehead atoms. The van der Waals surface area contributed by atoms with Crippen molar-refractivity contribution in [2.24, 2.45) is 5.92 Å². The van der Waals surface area contributed by atoms with Crippen LogP contribution in [0.15, 0.2) is 22.8 Å². The Hall–Kier alpha value is -1.33. The van der Waals surface area contributed by atoms with E-state index in [-0.39, 0.29) is 11.9 Å². The van der Waals surface area contributed by atoms with Crippen LogP contribution < -0.4 is 0 Å². The molecule has 19 heavy (non-hydrogen) atoms. The largest absolute Gasteiger partial charge is 0.467 e. The first kappa shape index (κ1) is 14.1. The van der Waals surface area contributed by atoms with Gasteiger partial charge >= 0.3 is 5.97 Å². The lowest BCUT2D eigenvalue weighted by molar-refractivity contribution is -0.150.